The Balaban J connectivity index is 2.27. The van der Waals surface area contributed by atoms with Crippen molar-refractivity contribution in [2.75, 3.05) is 5.73 Å². The lowest BCUT2D eigenvalue weighted by Crippen LogP contribution is -1.91. The first-order chi connectivity index (χ1) is 9.99. The third-order valence-electron chi connectivity index (χ3n) is 3.33. The molecule has 0 aliphatic rings. The molecular formula is C15H12ClFN2OS. The number of nitrogen functional groups attached to an aromatic ring is 1. The lowest BCUT2D eigenvalue weighted by molar-refractivity contribution is 0.439. The third-order valence-corrected chi connectivity index (χ3v) is 4.80. The fourth-order valence-electron chi connectivity index (χ4n) is 2.14. The second-order valence-electron chi connectivity index (χ2n) is 4.72. The fourth-order valence-corrected chi connectivity index (χ4v) is 3.42. The van der Waals surface area contributed by atoms with Gasteiger partial charge in [-0.15, -0.1) is 11.3 Å². The molecule has 21 heavy (non-hydrogen) atoms. The molecule has 0 saturated carbocycles. The van der Waals surface area contributed by atoms with E-state index in [1.54, 1.807) is 23.5 Å². The zero-order valence-corrected chi connectivity index (χ0v) is 13.0. The summed E-state index contributed by atoms with van der Waals surface area (Å²) in [5.41, 5.74) is 8.12. The summed E-state index contributed by atoms with van der Waals surface area (Å²) in [5, 5.41) is 4.26. The van der Waals surface area contributed by atoms with E-state index in [-0.39, 0.29) is 16.5 Å². The summed E-state index contributed by atoms with van der Waals surface area (Å²) < 4.78 is 19.2. The van der Waals surface area contributed by atoms with Crippen LogP contribution in [0.3, 0.4) is 0 Å². The minimum atomic E-state index is -0.455. The van der Waals surface area contributed by atoms with E-state index in [0.717, 1.165) is 15.3 Å². The molecule has 0 aliphatic heterocycles. The highest BCUT2D eigenvalue weighted by atomic mass is 35.5. The summed E-state index contributed by atoms with van der Waals surface area (Å²) in [7, 11) is 0. The van der Waals surface area contributed by atoms with E-state index in [1.807, 2.05) is 19.9 Å². The Hall–Kier alpha value is -1.85. The van der Waals surface area contributed by atoms with Gasteiger partial charge in [0.1, 0.15) is 11.5 Å². The van der Waals surface area contributed by atoms with E-state index in [4.69, 9.17) is 21.9 Å². The highest BCUT2D eigenvalue weighted by Gasteiger charge is 2.23. The molecule has 0 aliphatic carbocycles. The molecule has 3 nitrogen and oxygen atoms in total. The summed E-state index contributed by atoms with van der Waals surface area (Å²) in [6.07, 6.45) is 0. The first-order valence-electron chi connectivity index (χ1n) is 6.26. The smallest absolute Gasteiger partial charge is 0.230 e. The number of hydrogen-bond acceptors (Lipinski definition) is 4. The molecule has 2 aromatic heterocycles. The number of halogens is 2. The largest absolute Gasteiger partial charge is 0.367 e. The summed E-state index contributed by atoms with van der Waals surface area (Å²) in [6.45, 7) is 4.03. The van der Waals surface area contributed by atoms with Crippen LogP contribution in [0.1, 0.15) is 10.4 Å². The summed E-state index contributed by atoms with van der Waals surface area (Å²) in [6, 6.07) is 6.48. The summed E-state index contributed by atoms with van der Waals surface area (Å²) >= 11 is 7.68. The SMILES string of the molecule is Cc1cc(-c2noc(N)c2-c2c(F)cccc2Cl)sc1C. The molecule has 1 aromatic carbocycles. The van der Waals surface area contributed by atoms with Crippen LogP contribution < -0.4 is 5.73 Å². The Kier molecular flexibility index (Phi) is 3.47. The van der Waals surface area contributed by atoms with Gasteiger partial charge in [-0.25, -0.2) is 4.39 Å². The average molecular weight is 323 g/mol. The van der Waals surface area contributed by atoms with Gasteiger partial charge in [-0.2, -0.15) is 0 Å². The molecule has 0 spiro atoms. The van der Waals surface area contributed by atoms with Gasteiger partial charge >= 0.3 is 0 Å². The van der Waals surface area contributed by atoms with Crippen LogP contribution in [0.25, 0.3) is 21.7 Å². The number of anilines is 1. The number of benzene rings is 1. The normalized spacial score (nSPS) is 11.0. The summed E-state index contributed by atoms with van der Waals surface area (Å²) in [5.74, 6) is -0.399. The van der Waals surface area contributed by atoms with Crippen LogP contribution in [0.2, 0.25) is 5.02 Å². The van der Waals surface area contributed by atoms with Crippen LogP contribution in [0.15, 0.2) is 28.8 Å². The quantitative estimate of drug-likeness (QED) is 0.717. The van der Waals surface area contributed by atoms with Crippen molar-refractivity contribution in [3.63, 3.8) is 0 Å². The van der Waals surface area contributed by atoms with Crippen molar-refractivity contribution >= 4 is 28.8 Å². The highest BCUT2D eigenvalue weighted by molar-refractivity contribution is 7.15. The van der Waals surface area contributed by atoms with E-state index < -0.39 is 5.82 Å². The van der Waals surface area contributed by atoms with Crippen molar-refractivity contribution < 1.29 is 8.91 Å². The zero-order valence-electron chi connectivity index (χ0n) is 11.4. The highest BCUT2D eigenvalue weighted by Crippen LogP contribution is 2.43. The second kappa shape index (κ2) is 5.16. The third kappa shape index (κ3) is 2.32. The van der Waals surface area contributed by atoms with Gasteiger partial charge in [0.25, 0.3) is 0 Å². The molecule has 0 amide bonds. The van der Waals surface area contributed by atoms with Crippen LogP contribution in [-0.4, -0.2) is 5.16 Å². The molecule has 0 atom stereocenters. The Labute approximate surface area is 130 Å². The lowest BCUT2D eigenvalue weighted by Gasteiger charge is -2.05. The topological polar surface area (TPSA) is 52.0 Å². The maximum Gasteiger partial charge on any atom is 0.230 e. The van der Waals surface area contributed by atoms with E-state index in [2.05, 4.69) is 5.16 Å². The molecule has 6 heteroatoms. The number of aromatic nitrogens is 1. The predicted octanol–water partition coefficient (Wildman–Crippen LogP) is 5.06. The van der Waals surface area contributed by atoms with E-state index in [9.17, 15) is 4.39 Å². The van der Waals surface area contributed by atoms with Gasteiger partial charge in [-0.05, 0) is 37.6 Å². The van der Waals surface area contributed by atoms with E-state index >= 15 is 0 Å². The van der Waals surface area contributed by atoms with Gasteiger partial charge in [0, 0.05) is 10.4 Å². The second-order valence-corrected chi connectivity index (χ2v) is 6.38. The number of rotatable bonds is 2. The fraction of sp³-hybridized carbons (Fsp3) is 0.133. The van der Waals surface area contributed by atoms with Gasteiger partial charge in [-0.1, -0.05) is 22.8 Å². The molecule has 2 N–H and O–H groups in total. The lowest BCUT2D eigenvalue weighted by atomic mass is 10.0. The Morgan fingerprint density at radius 2 is 2.05 bits per heavy atom. The van der Waals surface area contributed by atoms with Gasteiger partial charge in [0.05, 0.1) is 15.5 Å². The molecule has 0 fully saturated rings. The minimum Gasteiger partial charge on any atom is -0.367 e. The van der Waals surface area contributed by atoms with Crippen LogP contribution in [0.4, 0.5) is 10.3 Å². The van der Waals surface area contributed by atoms with E-state index in [0.29, 0.717) is 11.3 Å². The molecule has 108 valence electrons. The van der Waals surface area contributed by atoms with Crippen molar-refractivity contribution in [1.29, 1.82) is 0 Å². The van der Waals surface area contributed by atoms with Gasteiger partial charge in [-0.3, -0.25) is 0 Å². The molecule has 3 rings (SSSR count). The van der Waals surface area contributed by atoms with Gasteiger partial charge < -0.3 is 10.3 Å². The number of thiophene rings is 1. The van der Waals surface area contributed by atoms with Crippen LogP contribution >= 0.6 is 22.9 Å². The van der Waals surface area contributed by atoms with Gasteiger partial charge in [0.15, 0.2) is 0 Å². The number of hydrogen-bond donors (Lipinski definition) is 1. The molecule has 0 saturated heterocycles. The molecule has 0 unspecified atom stereocenters. The van der Waals surface area contributed by atoms with Gasteiger partial charge in [0.2, 0.25) is 5.88 Å². The van der Waals surface area contributed by atoms with Crippen molar-refractivity contribution in [1.82, 2.24) is 5.16 Å². The number of nitrogens with two attached hydrogens (primary N) is 1. The van der Waals surface area contributed by atoms with Crippen molar-refractivity contribution in [2.45, 2.75) is 13.8 Å². The molecular weight excluding hydrogens is 311 g/mol. The first kappa shape index (κ1) is 14.1. The minimum absolute atomic E-state index is 0.0562. The molecule has 0 bridgehead atoms. The van der Waals surface area contributed by atoms with Crippen molar-refractivity contribution in [3.05, 3.63) is 45.5 Å². The van der Waals surface area contributed by atoms with Crippen molar-refractivity contribution in [3.8, 4) is 21.7 Å². The molecule has 0 radical (unpaired) electrons. The standard InChI is InChI=1S/C15H12ClFN2OS/c1-7-6-11(21-8(7)2)14-13(15(18)20-19-14)12-9(16)4-3-5-10(12)17/h3-6H,18H2,1-2H3. The van der Waals surface area contributed by atoms with Crippen LogP contribution in [0, 0.1) is 19.7 Å². The first-order valence-corrected chi connectivity index (χ1v) is 7.45. The van der Waals surface area contributed by atoms with Crippen LogP contribution in [-0.2, 0) is 0 Å². The number of aryl methyl sites for hydroxylation is 2. The summed E-state index contributed by atoms with van der Waals surface area (Å²) in [4.78, 5) is 2.04. The monoisotopic (exact) mass is 322 g/mol. The number of nitrogens with zero attached hydrogens (tertiary/aromatic N) is 1. The predicted molar refractivity (Wildman–Crippen MR) is 84.1 cm³/mol. The molecule has 3 aromatic rings. The average Bonchev–Trinajstić information content (AvgIpc) is 2.94. The maximum absolute atomic E-state index is 14.2. The van der Waals surface area contributed by atoms with Crippen molar-refractivity contribution in [2.24, 2.45) is 0 Å². The zero-order chi connectivity index (χ0) is 15.1. The molecule has 2 heterocycles. The Bertz CT molecular complexity index is 785. The van der Waals surface area contributed by atoms with E-state index in [1.165, 1.54) is 6.07 Å². The Morgan fingerprint density at radius 1 is 1.29 bits per heavy atom. The Morgan fingerprint density at radius 3 is 2.67 bits per heavy atom. The van der Waals surface area contributed by atoms with Crippen LogP contribution in [0.5, 0.6) is 0 Å². The maximum atomic E-state index is 14.2.